The molecule has 1 aliphatic heterocycles. The molecule has 25 heavy (non-hydrogen) atoms. The standard InChI is InChI=1S/C17H19F3N2O3/c1-3-16(4-2)9-14(24)22(15(16)25)10-13(23)21-12-7-5-6-11(8-12)17(18,19)20/h5-8H,3-4,9-10H2,1-2H3,(H,21,23). The predicted molar refractivity (Wildman–Crippen MR) is 84.4 cm³/mol. The van der Waals surface area contributed by atoms with Crippen LogP contribution in [0.2, 0.25) is 0 Å². The Morgan fingerprint density at radius 2 is 1.88 bits per heavy atom. The van der Waals surface area contributed by atoms with Crippen LogP contribution in [0.4, 0.5) is 18.9 Å². The molecule has 0 aliphatic carbocycles. The van der Waals surface area contributed by atoms with Gasteiger partial charge in [-0.25, -0.2) is 0 Å². The van der Waals surface area contributed by atoms with Crippen molar-refractivity contribution in [3.05, 3.63) is 29.8 Å². The van der Waals surface area contributed by atoms with Crippen molar-refractivity contribution in [2.24, 2.45) is 5.41 Å². The molecule has 0 unspecified atom stereocenters. The van der Waals surface area contributed by atoms with Crippen LogP contribution in [-0.4, -0.2) is 29.2 Å². The van der Waals surface area contributed by atoms with Crippen LogP contribution in [0.5, 0.6) is 0 Å². The van der Waals surface area contributed by atoms with Crippen LogP contribution in [0.25, 0.3) is 0 Å². The summed E-state index contributed by atoms with van der Waals surface area (Å²) in [4.78, 5) is 37.5. The summed E-state index contributed by atoms with van der Waals surface area (Å²) in [7, 11) is 0. The highest BCUT2D eigenvalue weighted by Crippen LogP contribution is 2.39. The summed E-state index contributed by atoms with van der Waals surface area (Å²) in [6.07, 6.45) is -3.50. The van der Waals surface area contributed by atoms with Crippen LogP contribution >= 0.6 is 0 Å². The van der Waals surface area contributed by atoms with Gasteiger partial charge in [0.1, 0.15) is 6.54 Å². The molecule has 2 rings (SSSR count). The van der Waals surface area contributed by atoms with E-state index in [1.165, 1.54) is 12.1 Å². The van der Waals surface area contributed by atoms with Crippen LogP contribution in [-0.2, 0) is 20.6 Å². The molecule has 1 saturated heterocycles. The van der Waals surface area contributed by atoms with E-state index < -0.39 is 41.4 Å². The van der Waals surface area contributed by atoms with Gasteiger partial charge >= 0.3 is 6.18 Å². The summed E-state index contributed by atoms with van der Waals surface area (Å²) in [5.41, 5.74) is -1.72. The molecule has 1 N–H and O–H groups in total. The van der Waals surface area contributed by atoms with Crippen molar-refractivity contribution in [1.29, 1.82) is 0 Å². The molecule has 1 aliphatic rings. The Morgan fingerprint density at radius 1 is 1.24 bits per heavy atom. The molecule has 1 aromatic rings. The first-order chi connectivity index (χ1) is 11.6. The van der Waals surface area contributed by atoms with Crippen LogP contribution in [0.15, 0.2) is 24.3 Å². The fourth-order valence-corrected chi connectivity index (χ4v) is 2.94. The van der Waals surface area contributed by atoms with E-state index in [9.17, 15) is 27.6 Å². The van der Waals surface area contributed by atoms with Gasteiger partial charge in [-0.1, -0.05) is 19.9 Å². The Hall–Kier alpha value is -2.38. The second kappa shape index (κ2) is 6.85. The average Bonchev–Trinajstić information content (AvgIpc) is 2.79. The second-order valence-electron chi connectivity index (χ2n) is 6.08. The average molecular weight is 356 g/mol. The highest BCUT2D eigenvalue weighted by molar-refractivity contribution is 6.09. The normalized spacial score (nSPS) is 17.1. The minimum absolute atomic E-state index is 0.0452. The summed E-state index contributed by atoms with van der Waals surface area (Å²) in [6, 6.07) is 4.17. The number of anilines is 1. The maximum atomic E-state index is 12.7. The Bertz CT molecular complexity index is 697. The van der Waals surface area contributed by atoms with E-state index in [0.29, 0.717) is 12.8 Å². The first-order valence-electron chi connectivity index (χ1n) is 7.95. The fraction of sp³-hybridized carbons (Fsp3) is 0.471. The Balaban J connectivity index is 2.08. The first-order valence-corrected chi connectivity index (χ1v) is 7.95. The number of hydrogen-bond donors (Lipinski definition) is 1. The Labute approximate surface area is 143 Å². The number of amides is 3. The summed E-state index contributed by atoms with van der Waals surface area (Å²) < 4.78 is 38.1. The van der Waals surface area contributed by atoms with Crippen molar-refractivity contribution in [3.63, 3.8) is 0 Å². The molecule has 8 heteroatoms. The maximum absolute atomic E-state index is 12.7. The zero-order valence-corrected chi connectivity index (χ0v) is 13.9. The molecule has 0 saturated carbocycles. The summed E-state index contributed by atoms with van der Waals surface area (Å²) >= 11 is 0. The van der Waals surface area contributed by atoms with Gasteiger partial charge in [0.15, 0.2) is 0 Å². The van der Waals surface area contributed by atoms with Gasteiger partial charge in [0.25, 0.3) is 0 Å². The molecule has 0 spiro atoms. The molecular formula is C17H19F3N2O3. The zero-order chi connectivity index (χ0) is 18.8. The molecule has 3 amide bonds. The van der Waals surface area contributed by atoms with Crippen LogP contribution < -0.4 is 5.32 Å². The van der Waals surface area contributed by atoms with E-state index in [1.54, 1.807) is 13.8 Å². The van der Waals surface area contributed by atoms with E-state index in [2.05, 4.69) is 5.32 Å². The lowest BCUT2D eigenvalue weighted by atomic mass is 9.81. The smallest absolute Gasteiger partial charge is 0.325 e. The number of benzene rings is 1. The minimum atomic E-state index is -4.52. The number of likely N-dealkylation sites (tertiary alicyclic amines) is 1. The minimum Gasteiger partial charge on any atom is -0.325 e. The van der Waals surface area contributed by atoms with E-state index in [1.807, 2.05) is 0 Å². The number of alkyl halides is 3. The van der Waals surface area contributed by atoms with E-state index in [-0.39, 0.29) is 12.1 Å². The van der Waals surface area contributed by atoms with Gasteiger partial charge in [-0.2, -0.15) is 13.2 Å². The van der Waals surface area contributed by atoms with Crippen LogP contribution in [0.3, 0.4) is 0 Å². The highest BCUT2D eigenvalue weighted by atomic mass is 19.4. The van der Waals surface area contributed by atoms with Gasteiger partial charge in [0.2, 0.25) is 17.7 Å². The third-order valence-electron chi connectivity index (χ3n) is 4.62. The molecule has 0 bridgehead atoms. The molecular weight excluding hydrogens is 337 g/mol. The summed E-state index contributed by atoms with van der Waals surface area (Å²) in [6.45, 7) is 3.11. The van der Waals surface area contributed by atoms with Gasteiger partial charge in [-0.15, -0.1) is 0 Å². The lowest BCUT2D eigenvalue weighted by Gasteiger charge is -2.23. The van der Waals surface area contributed by atoms with Gasteiger partial charge in [0.05, 0.1) is 11.0 Å². The molecule has 1 aromatic carbocycles. The van der Waals surface area contributed by atoms with Crippen LogP contribution in [0, 0.1) is 5.41 Å². The molecule has 0 radical (unpaired) electrons. The molecule has 1 heterocycles. The number of rotatable bonds is 5. The molecule has 0 atom stereocenters. The number of imide groups is 1. The molecule has 1 fully saturated rings. The van der Waals surface area contributed by atoms with Gasteiger partial charge in [-0.05, 0) is 31.0 Å². The number of nitrogens with zero attached hydrogens (tertiary/aromatic N) is 1. The van der Waals surface area contributed by atoms with Crippen molar-refractivity contribution in [2.75, 3.05) is 11.9 Å². The fourth-order valence-electron chi connectivity index (χ4n) is 2.94. The van der Waals surface area contributed by atoms with Crippen molar-refractivity contribution in [3.8, 4) is 0 Å². The maximum Gasteiger partial charge on any atom is 0.416 e. The monoisotopic (exact) mass is 356 g/mol. The molecule has 0 aromatic heterocycles. The van der Waals surface area contributed by atoms with Crippen molar-refractivity contribution in [2.45, 2.75) is 39.3 Å². The molecule has 136 valence electrons. The lowest BCUT2D eigenvalue weighted by Crippen LogP contribution is -2.40. The number of carbonyl (C=O) groups is 3. The summed E-state index contributed by atoms with van der Waals surface area (Å²) in [5.74, 6) is -1.56. The van der Waals surface area contributed by atoms with Crippen molar-refractivity contribution < 1.29 is 27.6 Å². The van der Waals surface area contributed by atoms with E-state index in [0.717, 1.165) is 17.0 Å². The van der Waals surface area contributed by atoms with Crippen molar-refractivity contribution in [1.82, 2.24) is 4.90 Å². The largest absolute Gasteiger partial charge is 0.416 e. The topological polar surface area (TPSA) is 66.5 Å². The van der Waals surface area contributed by atoms with Gasteiger partial charge < -0.3 is 5.32 Å². The number of halogens is 3. The zero-order valence-electron chi connectivity index (χ0n) is 13.9. The van der Waals surface area contributed by atoms with E-state index >= 15 is 0 Å². The van der Waals surface area contributed by atoms with Crippen molar-refractivity contribution >= 4 is 23.4 Å². The Morgan fingerprint density at radius 3 is 2.40 bits per heavy atom. The summed E-state index contributed by atoms with van der Waals surface area (Å²) in [5, 5.41) is 2.30. The quantitative estimate of drug-likeness (QED) is 0.824. The highest BCUT2D eigenvalue weighted by Gasteiger charge is 2.49. The van der Waals surface area contributed by atoms with E-state index in [4.69, 9.17) is 0 Å². The van der Waals surface area contributed by atoms with Crippen LogP contribution in [0.1, 0.15) is 38.7 Å². The van der Waals surface area contributed by atoms with Gasteiger partial charge in [0, 0.05) is 12.1 Å². The third-order valence-corrected chi connectivity index (χ3v) is 4.62. The first kappa shape index (κ1) is 19.0. The number of hydrogen-bond acceptors (Lipinski definition) is 3. The number of carbonyl (C=O) groups excluding carboxylic acids is 3. The SMILES string of the molecule is CCC1(CC)CC(=O)N(CC(=O)Nc2cccc(C(F)(F)F)c2)C1=O. The number of nitrogens with one attached hydrogen (secondary N) is 1. The molecule has 5 nitrogen and oxygen atoms in total. The predicted octanol–water partition coefficient (Wildman–Crippen LogP) is 3.21. The lowest BCUT2D eigenvalue weighted by molar-refractivity contribution is -0.144. The second-order valence-corrected chi connectivity index (χ2v) is 6.08. The Kier molecular flexibility index (Phi) is 5.20. The third kappa shape index (κ3) is 3.83. The van der Waals surface area contributed by atoms with Gasteiger partial charge in [-0.3, -0.25) is 19.3 Å².